The molecule has 2 aromatic heterocycles. The Morgan fingerprint density at radius 1 is 1.27 bits per heavy atom. The number of aromatic nitrogens is 3. The molecular weight excluding hydrogens is 399 g/mol. The Hall–Kier alpha value is -3.56. The Bertz CT molecular complexity index is 1030. The van der Waals surface area contributed by atoms with Gasteiger partial charge in [0.25, 0.3) is 5.91 Å². The molecule has 156 valence electrons. The van der Waals surface area contributed by atoms with Crippen molar-refractivity contribution in [2.75, 3.05) is 17.7 Å². The summed E-state index contributed by atoms with van der Waals surface area (Å²) in [6.07, 6.45) is -1.80. The highest BCUT2D eigenvalue weighted by Crippen LogP contribution is 2.43. The molecule has 7 nitrogen and oxygen atoms in total. The van der Waals surface area contributed by atoms with Gasteiger partial charge in [0.05, 0.1) is 25.0 Å². The van der Waals surface area contributed by atoms with Crippen LogP contribution >= 0.6 is 0 Å². The van der Waals surface area contributed by atoms with Crippen molar-refractivity contribution in [3.05, 3.63) is 66.1 Å². The van der Waals surface area contributed by atoms with Crippen LogP contribution in [0, 0.1) is 0 Å². The number of amides is 1. The number of hydrogen-bond acceptors (Lipinski definition) is 5. The van der Waals surface area contributed by atoms with Gasteiger partial charge in [0, 0.05) is 18.7 Å². The van der Waals surface area contributed by atoms with Gasteiger partial charge >= 0.3 is 6.18 Å². The molecule has 0 radical (unpaired) electrons. The first kappa shape index (κ1) is 19.7. The molecule has 3 aromatic rings. The minimum atomic E-state index is -4.52. The fraction of sp³-hybridized carbons (Fsp3) is 0.250. The van der Waals surface area contributed by atoms with Crippen molar-refractivity contribution in [3.8, 4) is 5.75 Å². The fourth-order valence-corrected chi connectivity index (χ4v) is 3.37. The number of nitrogens with one attached hydrogen (secondary N) is 2. The van der Waals surface area contributed by atoms with E-state index in [1.807, 2.05) is 0 Å². The first-order valence-electron chi connectivity index (χ1n) is 9.13. The predicted octanol–water partition coefficient (Wildman–Crippen LogP) is 4.20. The molecule has 10 heteroatoms. The number of anilines is 2. The van der Waals surface area contributed by atoms with Gasteiger partial charge in [-0.05, 0) is 29.8 Å². The molecule has 1 aromatic carbocycles. The van der Waals surface area contributed by atoms with Crippen LogP contribution in [0.4, 0.5) is 24.7 Å². The molecule has 0 aliphatic carbocycles. The van der Waals surface area contributed by atoms with Gasteiger partial charge in [-0.3, -0.25) is 9.78 Å². The lowest BCUT2D eigenvalue weighted by atomic mass is 9.97. The maximum Gasteiger partial charge on any atom is 0.410 e. The van der Waals surface area contributed by atoms with E-state index in [0.29, 0.717) is 17.0 Å². The highest BCUT2D eigenvalue weighted by atomic mass is 19.4. The van der Waals surface area contributed by atoms with Crippen LogP contribution in [0.5, 0.6) is 5.75 Å². The molecule has 2 atom stereocenters. The van der Waals surface area contributed by atoms with E-state index in [2.05, 4.69) is 20.7 Å². The van der Waals surface area contributed by atoms with Gasteiger partial charge in [0.2, 0.25) is 0 Å². The number of carbonyl (C=O) groups is 1. The third-order valence-electron chi connectivity index (χ3n) is 4.86. The highest BCUT2D eigenvalue weighted by Gasteiger charge is 2.46. The van der Waals surface area contributed by atoms with Gasteiger partial charge in [-0.1, -0.05) is 12.1 Å². The van der Waals surface area contributed by atoms with E-state index in [1.165, 1.54) is 19.4 Å². The molecule has 1 aliphatic heterocycles. The van der Waals surface area contributed by atoms with Gasteiger partial charge in [-0.25, -0.2) is 4.68 Å². The van der Waals surface area contributed by atoms with Crippen LogP contribution in [0.2, 0.25) is 0 Å². The van der Waals surface area contributed by atoms with Gasteiger partial charge in [0.15, 0.2) is 11.7 Å². The van der Waals surface area contributed by atoms with E-state index in [1.54, 1.807) is 42.6 Å². The fourth-order valence-electron chi connectivity index (χ4n) is 3.37. The summed E-state index contributed by atoms with van der Waals surface area (Å²) in [5.41, 5.74) is 0.981. The topological polar surface area (TPSA) is 81.1 Å². The molecular formula is C20H18F3N5O2. The van der Waals surface area contributed by atoms with Gasteiger partial charge in [-0.15, -0.1) is 0 Å². The summed E-state index contributed by atoms with van der Waals surface area (Å²) in [6, 6.07) is 8.93. The normalized spacial score (nSPS) is 18.3. The summed E-state index contributed by atoms with van der Waals surface area (Å²) in [7, 11) is 1.52. The van der Waals surface area contributed by atoms with Crippen LogP contribution in [0.1, 0.15) is 34.6 Å². The molecule has 1 amide bonds. The van der Waals surface area contributed by atoms with Crippen LogP contribution in [-0.2, 0) is 0 Å². The average Bonchev–Trinajstić information content (AvgIpc) is 3.17. The molecule has 4 rings (SSSR count). The third kappa shape index (κ3) is 3.93. The maximum absolute atomic E-state index is 13.8. The van der Waals surface area contributed by atoms with E-state index >= 15 is 0 Å². The average molecular weight is 417 g/mol. The first-order valence-corrected chi connectivity index (χ1v) is 9.13. The number of halogens is 3. The number of methoxy groups -OCH3 is 1. The van der Waals surface area contributed by atoms with E-state index in [4.69, 9.17) is 4.74 Å². The number of carbonyl (C=O) groups excluding carboxylic acids is 1. The second-order valence-corrected chi connectivity index (χ2v) is 6.82. The molecule has 1 aliphatic rings. The van der Waals surface area contributed by atoms with Crippen LogP contribution < -0.4 is 15.4 Å². The zero-order chi connectivity index (χ0) is 21.3. The third-order valence-corrected chi connectivity index (χ3v) is 4.86. The second kappa shape index (κ2) is 7.69. The Labute approximate surface area is 169 Å². The number of ether oxygens (including phenoxy) is 1. The second-order valence-electron chi connectivity index (χ2n) is 6.82. The maximum atomic E-state index is 13.8. The van der Waals surface area contributed by atoms with Crippen molar-refractivity contribution in [2.24, 2.45) is 0 Å². The number of rotatable bonds is 4. The van der Waals surface area contributed by atoms with Crippen molar-refractivity contribution in [2.45, 2.75) is 24.7 Å². The molecule has 0 spiro atoms. The predicted molar refractivity (Wildman–Crippen MR) is 103 cm³/mol. The Kier molecular flexibility index (Phi) is 5.06. The Morgan fingerprint density at radius 2 is 2.03 bits per heavy atom. The minimum Gasteiger partial charge on any atom is -0.497 e. The molecule has 2 N–H and O–H groups in total. The van der Waals surface area contributed by atoms with E-state index in [-0.39, 0.29) is 17.9 Å². The van der Waals surface area contributed by atoms with Crippen LogP contribution in [-0.4, -0.2) is 34.0 Å². The van der Waals surface area contributed by atoms with Crippen molar-refractivity contribution >= 4 is 17.4 Å². The lowest BCUT2D eigenvalue weighted by Crippen LogP contribution is -2.35. The highest BCUT2D eigenvalue weighted by molar-refractivity contribution is 6.03. The van der Waals surface area contributed by atoms with Crippen LogP contribution in [0.25, 0.3) is 0 Å². The van der Waals surface area contributed by atoms with Crippen molar-refractivity contribution < 1.29 is 22.7 Å². The van der Waals surface area contributed by atoms with Crippen molar-refractivity contribution in [1.82, 2.24) is 14.8 Å². The Balaban J connectivity index is 1.63. The molecule has 30 heavy (non-hydrogen) atoms. The lowest BCUT2D eigenvalue weighted by molar-refractivity contribution is -0.173. The summed E-state index contributed by atoms with van der Waals surface area (Å²) >= 11 is 0. The number of fused-ring (bicyclic) bond motifs is 1. The van der Waals surface area contributed by atoms with E-state index < -0.39 is 24.2 Å². The quantitative estimate of drug-likeness (QED) is 0.665. The smallest absolute Gasteiger partial charge is 0.410 e. The Morgan fingerprint density at radius 3 is 2.67 bits per heavy atom. The van der Waals surface area contributed by atoms with Crippen LogP contribution in [0.3, 0.4) is 0 Å². The van der Waals surface area contributed by atoms with Crippen LogP contribution in [0.15, 0.2) is 54.9 Å². The molecule has 0 saturated carbocycles. The summed E-state index contributed by atoms with van der Waals surface area (Å²) < 4.78 is 47.2. The lowest BCUT2D eigenvalue weighted by Gasteiger charge is -2.33. The zero-order valence-electron chi connectivity index (χ0n) is 15.8. The SMILES string of the molecule is COc1ccc([C@H]2C[C@H](C(F)(F)F)n3nc(C(=O)Nc4cccnc4)cc3N2)cc1. The molecule has 0 saturated heterocycles. The number of nitrogens with zero attached hydrogens (tertiary/aromatic N) is 3. The largest absolute Gasteiger partial charge is 0.497 e. The molecule has 0 bridgehead atoms. The summed E-state index contributed by atoms with van der Waals surface area (Å²) in [5, 5.41) is 9.57. The number of alkyl halides is 3. The number of hydrogen-bond donors (Lipinski definition) is 2. The number of pyridine rings is 1. The number of benzene rings is 1. The van der Waals surface area contributed by atoms with Gasteiger partial charge in [-0.2, -0.15) is 18.3 Å². The standard InChI is InChI=1S/C20H18F3N5O2/c1-30-14-6-4-12(5-7-14)15-9-17(20(21,22)23)28-18(26-15)10-16(27-28)19(29)25-13-3-2-8-24-11-13/h2-8,10-11,15,17,26H,9H2,1H3,(H,25,29)/t15-,17-/m1/s1. The van der Waals surface area contributed by atoms with E-state index in [0.717, 1.165) is 4.68 Å². The van der Waals surface area contributed by atoms with Gasteiger partial charge < -0.3 is 15.4 Å². The van der Waals surface area contributed by atoms with Crippen molar-refractivity contribution in [1.29, 1.82) is 0 Å². The monoisotopic (exact) mass is 417 g/mol. The van der Waals surface area contributed by atoms with Crippen molar-refractivity contribution in [3.63, 3.8) is 0 Å². The molecule has 3 heterocycles. The first-order chi connectivity index (χ1) is 14.3. The summed E-state index contributed by atoms with van der Waals surface area (Å²) in [6.45, 7) is 0. The van der Waals surface area contributed by atoms with Gasteiger partial charge in [0.1, 0.15) is 11.6 Å². The van der Waals surface area contributed by atoms with E-state index in [9.17, 15) is 18.0 Å². The molecule has 0 unspecified atom stereocenters. The zero-order valence-corrected chi connectivity index (χ0v) is 15.8. The summed E-state index contributed by atoms with van der Waals surface area (Å²) in [4.78, 5) is 16.4. The minimum absolute atomic E-state index is 0.119. The summed E-state index contributed by atoms with van der Waals surface area (Å²) in [5.74, 6) is 0.121. The molecule has 0 fully saturated rings.